The lowest BCUT2D eigenvalue weighted by Gasteiger charge is -2.32. The second-order valence-corrected chi connectivity index (χ2v) is 4.14. The molecule has 0 unspecified atom stereocenters. The van der Waals surface area contributed by atoms with Crippen molar-refractivity contribution < 1.29 is 9.53 Å². The summed E-state index contributed by atoms with van der Waals surface area (Å²) in [4.78, 5) is 15.3. The Morgan fingerprint density at radius 2 is 2.25 bits per heavy atom. The van der Waals surface area contributed by atoms with Gasteiger partial charge in [0, 0.05) is 12.2 Å². The number of aryl methyl sites for hydroxylation is 1. The number of nitrogens with two attached hydrogens (primary N) is 2. The predicted molar refractivity (Wildman–Crippen MR) is 59.1 cm³/mol. The van der Waals surface area contributed by atoms with E-state index in [-0.39, 0.29) is 12.1 Å². The number of ether oxygens (including phenoxy) is 1. The fourth-order valence-corrected chi connectivity index (χ4v) is 1.78. The van der Waals surface area contributed by atoms with Gasteiger partial charge in [0.1, 0.15) is 11.7 Å². The van der Waals surface area contributed by atoms with Gasteiger partial charge in [0.15, 0.2) is 0 Å². The summed E-state index contributed by atoms with van der Waals surface area (Å²) in [7, 11) is 0. The number of hydrogen-bond donors (Lipinski definition) is 2. The Kier molecular flexibility index (Phi) is 2.78. The van der Waals surface area contributed by atoms with Crippen LogP contribution in [0.25, 0.3) is 0 Å². The summed E-state index contributed by atoms with van der Waals surface area (Å²) >= 11 is 0. The van der Waals surface area contributed by atoms with Gasteiger partial charge >= 0.3 is 0 Å². The Labute approximate surface area is 93.8 Å². The zero-order valence-corrected chi connectivity index (χ0v) is 9.14. The maximum absolute atomic E-state index is 11.3. The van der Waals surface area contributed by atoms with Crippen molar-refractivity contribution in [2.45, 2.75) is 31.9 Å². The summed E-state index contributed by atoms with van der Waals surface area (Å²) in [6.07, 6.45) is 3.26. The topological polar surface area (TPSA) is 91.2 Å². The van der Waals surface area contributed by atoms with Gasteiger partial charge < -0.3 is 16.2 Å². The van der Waals surface area contributed by atoms with Gasteiger partial charge in [-0.15, -0.1) is 0 Å². The third-order valence-corrected chi connectivity index (χ3v) is 2.78. The van der Waals surface area contributed by atoms with Crippen molar-refractivity contribution in [2.75, 3.05) is 0 Å². The first-order chi connectivity index (χ1) is 7.58. The largest absolute Gasteiger partial charge is 0.474 e. The Hall–Kier alpha value is -1.62. The van der Waals surface area contributed by atoms with Crippen LogP contribution >= 0.6 is 0 Å². The molecule has 5 nitrogen and oxygen atoms in total. The van der Waals surface area contributed by atoms with E-state index in [1.54, 1.807) is 19.2 Å². The van der Waals surface area contributed by atoms with Crippen molar-refractivity contribution in [3.8, 4) is 5.88 Å². The molecule has 0 aromatic carbocycles. The van der Waals surface area contributed by atoms with Crippen LogP contribution in [0.15, 0.2) is 12.3 Å². The highest BCUT2D eigenvalue weighted by Gasteiger charge is 2.29. The summed E-state index contributed by atoms with van der Waals surface area (Å²) in [6, 6.07) is 1.94. The molecule has 5 heteroatoms. The van der Waals surface area contributed by atoms with Crippen LogP contribution in [0.3, 0.4) is 0 Å². The van der Waals surface area contributed by atoms with Gasteiger partial charge in [-0.1, -0.05) is 0 Å². The lowest BCUT2D eigenvalue weighted by atomic mass is 9.90. The molecule has 1 aromatic heterocycles. The average molecular weight is 221 g/mol. The lowest BCUT2D eigenvalue weighted by molar-refractivity contribution is 0.0895. The van der Waals surface area contributed by atoms with Gasteiger partial charge in [-0.3, -0.25) is 4.79 Å². The quantitative estimate of drug-likeness (QED) is 0.770. The second kappa shape index (κ2) is 4.09. The van der Waals surface area contributed by atoms with Crippen LogP contribution in [0.2, 0.25) is 0 Å². The normalized spacial score (nSPS) is 23.6. The molecule has 0 bridgehead atoms. The van der Waals surface area contributed by atoms with Crippen LogP contribution in [0.4, 0.5) is 0 Å². The maximum Gasteiger partial charge on any atom is 0.254 e. The highest BCUT2D eigenvalue weighted by atomic mass is 16.5. The van der Waals surface area contributed by atoms with Crippen LogP contribution in [0.5, 0.6) is 5.88 Å². The summed E-state index contributed by atoms with van der Waals surface area (Å²) in [5.41, 5.74) is 12.1. The molecule has 1 saturated carbocycles. The van der Waals surface area contributed by atoms with Crippen LogP contribution in [0, 0.1) is 6.92 Å². The van der Waals surface area contributed by atoms with Gasteiger partial charge in [-0.2, -0.15) is 0 Å². The Balaban J connectivity index is 2.19. The fraction of sp³-hybridized carbons (Fsp3) is 0.455. The monoisotopic (exact) mass is 221 g/mol. The number of primary amides is 1. The fourth-order valence-electron chi connectivity index (χ4n) is 1.78. The first kappa shape index (κ1) is 10.9. The van der Waals surface area contributed by atoms with Crippen molar-refractivity contribution in [1.29, 1.82) is 0 Å². The highest BCUT2D eigenvalue weighted by Crippen LogP contribution is 2.26. The van der Waals surface area contributed by atoms with Gasteiger partial charge in [-0.05, 0) is 31.4 Å². The van der Waals surface area contributed by atoms with Crippen molar-refractivity contribution in [2.24, 2.45) is 11.5 Å². The number of carbonyl (C=O) groups excluding carboxylic acids is 1. The zero-order valence-electron chi connectivity index (χ0n) is 9.14. The molecular formula is C11H15N3O2. The number of rotatable bonds is 3. The number of pyridine rings is 1. The molecule has 4 N–H and O–H groups in total. The minimum atomic E-state index is -0.510. The maximum atomic E-state index is 11.3. The van der Waals surface area contributed by atoms with E-state index in [1.807, 2.05) is 0 Å². The molecule has 1 aliphatic carbocycles. The van der Waals surface area contributed by atoms with Gasteiger partial charge in [0.05, 0.1) is 0 Å². The first-order valence-corrected chi connectivity index (χ1v) is 5.25. The molecule has 1 amide bonds. The summed E-state index contributed by atoms with van der Waals surface area (Å²) < 4.78 is 5.60. The molecule has 86 valence electrons. The minimum absolute atomic E-state index is 0.0578. The van der Waals surface area contributed by atoms with E-state index in [0.29, 0.717) is 11.4 Å². The molecule has 0 aliphatic heterocycles. The van der Waals surface area contributed by atoms with Gasteiger partial charge in [0.25, 0.3) is 5.91 Å². The number of aromatic nitrogens is 1. The van der Waals surface area contributed by atoms with E-state index in [2.05, 4.69) is 4.98 Å². The number of carbonyl (C=O) groups is 1. The molecule has 1 fully saturated rings. The minimum Gasteiger partial charge on any atom is -0.474 e. The first-order valence-electron chi connectivity index (χ1n) is 5.25. The second-order valence-electron chi connectivity index (χ2n) is 4.14. The van der Waals surface area contributed by atoms with E-state index in [0.717, 1.165) is 18.4 Å². The number of amides is 1. The third kappa shape index (κ3) is 1.99. The molecule has 1 aliphatic rings. The molecular weight excluding hydrogens is 206 g/mol. The number of nitrogens with zero attached hydrogens (tertiary/aromatic N) is 1. The van der Waals surface area contributed by atoms with Crippen LogP contribution in [0.1, 0.15) is 28.8 Å². The van der Waals surface area contributed by atoms with Gasteiger partial charge in [0.2, 0.25) is 5.88 Å². The van der Waals surface area contributed by atoms with Crippen molar-refractivity contribution in [1.82, 2.24) is 4.98 Å². The summed E-state index contributed by atoms with van der Waals surface area (Å²) in [5.74, 6) is -0.186. The van der Waals surface area contributed by atoms with Crippen molar-refractivity contribution in [3.05, 3.63) is 23.4 Å². The number of hydrogen-bond acceptors (Lipinski definition) is 4. The van der Waals surface area contributed by atoms with E-state index in [4.69, 9.17) is 16.2 Å². The van der Waals surface area contributed by atoms with E-state index < -0.39 is 5.91 Å². The molecule has 16 heavy (non-hydrogen) atoms. The molecule has 0 atom stereocenters. The highest BCUT2D eigenvalue weighted by molar-refractivity contribution is 5.96. The Morgan fingerprint density at radius 3 is 2.81 bits per heavy atom. The zero-order chi connectivity index (χ0) is 11.7. The van der Waals surface area contributed by atoms with E-state index >= 15 is 0 Å². The summed E-state index contributed by atoms with van der Waals surface area (Å²) in [5, 5.41) is 0. The molecule has 0 radical (unpaired) electrons. The molecule has 0 saturated heterocycles. The van der Waals surface area contributed by atoms with Crippen molar-refractivity contribution in [3.63, 3.8) is 0 Å². The predicted octanol–water partition coefficient (Wildman–Crippen LogP) is 0.357. The van der Waals surface area contributed by atoms with E-state index in [1.165, 1.54) is 0 Å². The van der Waals surface area contributed by atoms with Gasteiger partial charge in [-0.25, -0.2) is 4.98 Å². The van der Waals surface area contributed by atoms with Crippen molar-refractivity contribution >= 4 is 5.91 Å². The average Bonchev–Trinajstić information content (AvgIpc) is 2.14. The Bertz CT molecular complexity index is 414. The lowest BCUT2D eigenvalue weighted by Crippen LogP contribution is -2.43. The molecule has 1 aromatic rings. The van der Waals surface area contributed by atoms with Crippen LogP contribution in [-0.4, -0.2) is 23.0 Å². The van der Waals surface area contributed by atoms with E-state index in [9.17, 15) is 4.79 Å². The Morgan fingerprint density at radius 1 is 1.56 bits per heavy atom. The van der Waals surface area contributed by atoms with Crippen LogP contribution < -0.4 is 16.2 Å². The third-order valence-electron chi connectivity index (χ3n) is 2.78. The van der Waals surface area contributed by atoms with Crippen LogP contribution in [-0.2, 0) is 0 Å². The summed E-state index contributed by atoms with van der Waals surface area (Å²) in [6.45, 7) is 1.81. The standard InChI is InChI=1S/C11H15N3O2/c1-6-2-3-14-11(9(6)10(13)15)16-8-4-7(12)5-8/h2-3,7-8H,4-5,12H2,1H3,(H2,13,15). The molecule has 2 rings (SSSR count). The molecule has 0 spiro atoms. The molecule has 1 heterocycles. The smallest absolute Gasteiger partial charge is 0.254 e. The SMILES string of the molecule is Cc1ccnc(OC2CC(N)C2)c1C(N)=O.